The van der Waals surface area contributed by atoms with Gasteiger partial charge in [-0.15, -0.1) is 0 Å². The van der Waals surface area contributed by atoms with Crippen molar-refractivity contribution < 1.29 is 9.47 Å². The van der Waals surface area contributed by atoms with E-state index in [1.54, 1.807) is 0 Å². The standard InChI is InChI=1S/C57H82N2O2/c1-2-3-4-5-6-7-8-9-10-11-12-13-14-15-16-17-18-19-46-20-22-47(23-21-46)24-25-48-42-44-57(45-43-48,49-26-34-53(35-27-49)60-55-38-30-51(58)31-39-55)50-28-36-54(37-29-50)61-56-40-32-52(59)33-41-56/h26-41,46-48H,2-25,42-45,58-59H2,1H3. The third kappa shape index (κ3) is 15.7. The highest BCUT2D eigenvalue weighted by Crippen LogP contribution is 2.49. The van der Waals surface area contributed by atoms with Crippen molar-refractivity contribution in [3.8, 4) is 23.0 Å². The molecular weight excluding hydrogens is 745 g/mol. The van der Waals surface area contributed by atoms with Crippen LogP contribution in [0.4, 0.5) is 11.4 Å². The lowest BCUT2D eigenvalue weighted by Crippen LogP contribution is -2.33. The molecule has 2 aliphatic carbocycles. The molecule has 4 aromatic carbocycles. The summed E-state index contributed by atoms with van der Waals surface area (Å²) in [5.41, 5.74) is 16.0. The summed E-state index contributed by atoms with van der Waals surface area (Å²) >= 11 is 0. The lowest BCUT2D eigenvalue weighted by atomic mass is 9.62. The van der Waals surface area contributed by atoms with Crippen molar-refractivity contribution in [3.05, 3.63) is 108 Å². The summed E-state index contributed by atoms with van der Waals surface area (Å²) in [6.07, 6.45) is 39.9. The summed E-state index contributed by atoms with van der Waals surface area (Å²) in [4.78, 5) is 0. The van der Waals surface area contributed by atoms with Crippen molar-refractivity contribution in [1.29, 1.82) is 0 Å². The number of hydrogen-bond acceptors (Lipinski definition) is 4. The fraction of sp³-hybridized carbons (Fsp3) is 0.579. The molecule has 61 heavy (non-hydrogen) atoms. The van der Waals surface area contributed by atoms with Gasteiger partial charge in [-0.2, -0.15) is 0 Å². The van der Waals surface area contributed by atoms with E-state index in [2.05, 4.69) is 55.5 Å². The monoisotopic (exact) mass is 827 g/mol. The fourth-order valence-corrected chi connectivity index (χ4v) is 10.7. The number of rotatable bonds is 27. The van der Waals surface area contributed by atoms with Crippen LogP contribution in [0.25, 0.3) is 0 Å². The number of nitrogens with two attached hydrogens (primary N) is 2. The predicted octanol–water partition coefficient (Wildman–Crippen LogP) is 17.5. The number of hydrogen-bond donors (Lipinski definition) is 2. The van der Waals surface area contributed by atoms with Gasteiger partial charge in [0.15, 0.2) is 0 Å². The molecule has 0 amide bonds. The van der Waals surface area contributed by atoms with Crippen molar-refractivity contribution >= 4 is 11.4 Å². The summed E-state index contributed by atoms with van der Waals surface area (Å²) < 4.78 is 12.4. The van der Waals surface area contributed by atoms with Crippen LogP contribution in [0.1, 0.15) is 198 Å². The van der Waals surface area contributed by atoms with E-state index in [4.69, 9.17) is 20.9 Å². The maximum absolute atomic E-state index is 6.19. The lowest BCUT2D eigenvalue weighted by molar-refractivity contribution is 0.208. The van der Waals surface area contributed by atoms with Crippen LogP contribution in [0.15, 0.2) is 97.1 Å². The van der Waals surface area contributed by atoms with E-state index in [9.17, 15) is 0 Å². The smallest absolute Gasteiger partial charge is 0.127 e. The highest BCUT2D eigenvalue weighted by atomic mass is 16.5. The quantitative estimate of drug-likeness (QED) is 0.0464. The zero-order valence-corrected chi connectivity index (χ0v) is 38.2. The van der Waals surface area contributed by atoms with Crippen molar-refractivity contribution in [2.24, 2.45) is 17.8 Å². The Labute approximate surface area is 372 Å². The predicted molar refractivity (Wildman–Crippen MR) is 261 cm³/mol. The largest absolute Gasteiger partial charge is 0.457 e. The molecule has 4 aromatic rings. The number of benzene rings is 4. The molecule has 4 N–H and O–H groups in total. The molecule has 4 nitrogen and oxygen atoms in total. The maximum atomic E-state index is 6.19. The van der Waals surface area contributed by atoms with Gasteiger partial charge in [-0.05, 0) is 127 Å². The molecule has 2 aliphatic rings. The first-order chi connectivity index (χ1) is 30.0. The van der Waals surface area contributed by atoms with E-state index in [0.717, 1.165) is 52.1 Å². The first-order valence-electron chi connectivity index (χ1n) is 25.3. The molecule has 0 atom stereocenters. The minimum Gasteiger partial charge on any atom is -0.457 e. The Morgan fingerprint density at radius 1 is 0.377 bits per heavy atom. The maximum Gasteiger partial charge on any atom is 0.127 e. The summed E-state index contributed by atoms with van der Waals surface area (Å²) in [5, 5.41) is 0. The third-order valence-corrected chi connectivity index (χ3v) is 14.7. The number of nitrogen functional groups attached to an aromatic ring is 2. The average Bonchev–Trinajstić information content (AvgIpc) is 3.29. The molecule has 0 radical (unpaired) electrons. The van der Waals surface area contributed by atoms with Gasteiger partial charge in [0.2, 0.25) is 0 Å². The van der Waals surface area contributed by atoms with Crippen LogP contribution in [0.2, 0.25) is 0 Å². The molecule has 0 heterocycles. The van der Waals surface area contributed by atoms with Gasteiger partial charge in [-0.3, -0.25) is 0 Å². The second-order valence-electron chi connectivity index (χ2n) is 19.3. The van der Waals surface area contributed by atoms with Gasteiger partial charge >= 0.3 is 0 Å². The van der Waals surface area contributed by atoms with Gasteiger partial charge in [-0.1, -0.05) is 185 Å². The first-order valence-corrected chi connectivity index (χ1v) is 25.3. The number of unbranched alkanes of at least 4 members (excludes halogenated alkanes) is 16. The van der Waals surface area contributed by atoms with E-state index in [1.165, 1.54) is 191 Å². The molecule has 0 aliphatic heterocycles. The second kappa shape index (κ2) is 25.9. The Balaban J connectivity index is 0.882. The number of ether oxygens (including phenoxy) is 2. The molecule has 4 heteroatoms. The summed E-state index contributed by atoms with van der Waals surface area (Å²) in [7, 11) is 0. The van der Waals surface area contributed by atoms with Crippen LogP contribution in [0, 0.1) is 17.8 Å². The fourth-order valence-electron chi connectivity index (χ4n) is 10.7. The summed E-state index contributed by atoms with van der Waals surface area (Å²) in [5.74, 6) is 6.05. The van der Waals surface area contributed by atoms with Crippen LogP contribution in [0.3, 0.4) is 0 Å². The zero-order chi connectivity index (χ0) is 42.4. The minimum absolute atomic E-state index is 0.0273. The number of anilines is 2. The summed E-state index contributed by atoms with van der Waals surface area (Å²) in [6, 6.07) is 32.9. The van der Waals surface area contributed by atoms with E-state index >= 15 is 0 Å². The zero-order valence-electron chi connectivity index (χ0n) is 38.2. The van der Waals surface area contributed by atoms with Crippen molar-refractivity contribution in [3.63, 3.8) is 0 Å². The summed E-state index contributed by atoms with van der Waals surface area (Å²) in [6.45, 7) is 2.31. The van der Waals surface area contributed by atoms with Crippen LogP contribution in [-0.2, 0) is 5.41 Å². The molecule has 0 spiro atoms. The van der Waals surface area contributed by atoms with Gasteiger partial charge < -0.3 is 20.9 Å². The van der Waals surface area contributed by atoms with Gasteiger partial charge in [0, 0.05) is 16.8 Å². The molecule has 2 saturated carbocycles. The molecule has 0 aromatic heterocycles. The van der Waals surface area contributed by atoms with Crippen LogP contribution in [-0.4, -0.2) is 0 Å². The Morgan fingerprint density at radius 2 is 0.672 bits per heavy atom. The average molecular weight is 827 g/mol. The van der Waals surface area contributed by atoms with Gasteiger partial charge in [-0.25, -0.2) is 0 Å². The molecule has 2 fully saturated rings. The second-order valence-corrected chi connectivity index (χ2v) is 19.3. The third-order valence-electron chi connectivity index (χ3n) is 14.7. The van der Waals surface area contributed by atoms with Gasteiger partial charge in [0.25, 0.3) is 0 Å². The van der Waals surface area contributed by atoms with Gasteiger partial charge in [0.1, 0.15) is 23.0 Å². The van der Waals surface area contributed by atoms with E-state index in [1.807, 2.05) is 48.5 Å². The molecule has 6 rings (SSSR count). The topological polar surface area (TPSA) is 70.5 Å². The van der Waals surface area contributed by atoms with E-state index < -0.39 is 0 Å². The molecule has 332 valence electrons. The van der Waals surface area contributed by atoms with Crippen LogP contribution < -0.4 is 20.9 Å². The normalized spacial score (nSPS) is 17.9. The van der Waals surface area contributed by atoms with Crippen LogP contribution >= 0.6 is 0 Å². The van der Waals surface area contributed by atoms with E-state index in [0.29, 0.717) is 0 Å². The SMILES string of the molecule is CCCCCCCCCCCCCCCCCCCC1CCC(CCC2CCC(c3ccc(Oc4ccc(N)cc4)cc3)(c3ccc(Oc4ccc(N)cc4)cc3)CC2)CC1. The molecule has 0 saturated heterocycles. The molecular formula is C57H82N2O2. The first kappa shape index (κ1) is 46.6. The Kier molecular flexibility index (Phi) is 19.8. The lowest BCUT2D eigenvalue weighted by Gasteiger charge is -2.42. The van der Waals surface area contributed by atoms with E-state index in [-0.39, 0.29) is 5.41 Å². The molecule has 0 unspecified atom stereocenters. The Bertz CT molecular complexity index is 1640. The minimum atomic E-state index is -0.0273. The van der Waals surface area contributed by atoms with Crippen molar-refractivity contribution in [1.82, 2.24) is 0 Å². The van der Waals surface area contributed by atoms with Crippen molar-refractivity contribution in [2.45, 2.75) is 192 Å². The van der Waals surface area contributed by atoms with Gasteiger partial charge in [0.05, 0.1) is 0 Å². The van der Waals surface area contributed by atoms with Crippen molar-refractivity contribution in [2.75, 3.05) is 11.5 Å². The Hall–Kier alpha value is -3.92. The van der Waals surface area contributed by atoms with Crippen LogP contribution in [0.5, 0.6) is 23.0 Å². The Morgan fingerprint density at radius 3 is 1.03 bits per heavy atom. The highest BCUT2D eigenvalue weighted by molar-refractivity contribution is 5.47. The molecule has 0 bridgehead atoms. The highest BCUT2D eigenvalue weighted by Gasteiger charge is 2.38.